The third kappa shape index (κ3) is 7.00. The number of benzene rings is 2. The molecule has 0 heterocycles. The maximum absolute atomic E-state index is 11.3. The van der Waals surface area contributed by atoms with Gasteiger partial charge in [0.2, 0.25) is 0 Å². The lowest BCUT2D eigenvalue weighted by atomic mass is 10.3. The van der Waals surface area contributed by atoms with Gasteiger partial charge in [-0.2, -0.15) is 16.8 Å². The SMILES string of the molecule is O=S(=O)(O)CN(CCN(CS(=O)(=O)O)c1ccccc1)c1ccccc1. The Hall–Kier alpha value is -2.14. The zero-order chi connectivity index (χ0) is 19.2. The zero-order valence-electron chi connectivity index (χ0n) is 13.8. The van der Waals surface area contributed by atoms with E-state index in [1.54, 1.807) is 60.7 Å². The van der Waals surface area contributed by atoms with Crippen molar-refractivity contribution < 1.29 is 25.9 Å². The Morgan fingerprint density at radius 2 is 0.923 bits per heavy atom. The normalized spacial score (nSPS) is 11.9. The fraction of sp³-hybridized carbons (Fsp3) is 0.250. The smallest absolute Gasteiger partial charge is 0.283 e. The van der Waals surface area contributed by atoms with Crippen molar-refractivity contribution in [1.82, 2.24) is 0 Å². The molecule has 0 atom stereocenters. The molecule has 0 saturated carbocycles. The first kappa shape index (κ1) is 20.2. The predicted octanol–water partition coefficient (Wildman–Crippen LogP) is 1.69. The van der Waals surface area contributed by atoms with Gasteiger partial charge in [-0.25, -0.2) is 0 Å². The third-order valence-corrected chi connectivity index (χ3v) is 4.80. The minimum Gasteiger partial charge on any atom is -0.354 e. The molecule has 26 heavy (non-hydrogen) atoms. The van der Waals surface area contributed by atoms with Crippen LogP contribution in [0.25, 0.3) is 0 Å². The molecule has 0 aliphatic carbocycles. The Kier molecular flexibility index (Phi) is 6.59. The van der Waals surface area contributed by atoms with E-state index in [-0.39, 0.29) is 13.1 Å². The monoisotopic (exact) mass is 400 g/mol. The van der Waals surface area contributed by atoms with Gasteiger partial charge in [0.1, 0.15) is 11.8 Å². The zero-order valence-corrected chi connectivity index (χ0v) is 15.5. The van der Waals surface area contributed by atoms with E-state index >= 15 is 0 Å². The van der Waals surface area contributed by atoms with Crippen molar-refractivity contribution in [1.29, 1.82) is 0 Å². The van der Waals surface area contributed by atoms with E-state index in [4.69, 9.17) is 0 Å². The van der Waals surface area contributed by atoms with Crippen LogP contribution < -0.4 is 9.80 Å². The molecular formula is C16H20N2O6S2. The van der Waals surface area contributed by atoms with E-state index in [2.05, 4.69) is 0 Å². The molecule has 0 radical (unpaired) electrons. The predicted molar refractivity (Wildman–Crippen MR) is 100 cm³/mol. The van der Waals surface area contributed by atoms with E-state index in [1.165, 1.54) is 9.80 Å². The molecule has 0 aliphatic heterocycles. The topological polar surface area (TPSA) is 115 Å². The van der Waals surface area contributed by atoms with E-state index in [0.717, 1.165) is 0 Å². The highest BCUT2D eigenvalue weighted by molar-refractivity contribution is 7.86. The van der Waals surface area contributed by atoms with Crippen LogP contribution in [0.2, 0.25) is 0 Å². The molecule has 0 unspecified atom stereocenters. The standard InChI is InChI=1S/C16H20N2O6S2/c19-25(20,21)13-17(15-7-3-1-4-8-15)11-12-18(14-26(22,23)24)16-9-5-2-6-10-16/h1-10H,11-14H2,(H,19,20,21)(H,22,23,24). The second-order valence-corrected chi connectivity index (χ2v) is 8.46. The van der Waals surface area contributed by atoms with Gasteiger partial charge in [0.05, 0.1) is 0 Å². The molecule has 0 aromatic heterocycles. The van der Waals surface area contributed by atoms with Crippen LogP contribution in [-0.2, 0) is 20.2 Å². The molecule has 2 rings (SSSR count). The average molecular weight is 400 g/mol. The van der Waals surface area contributed by atoms with Crippen molar-refractivity contribution in [3.05, 3.63) is 60.7 Å². The van der Waals surface area contributed by atoms with Gasteiger partial charge in [0.15, 0.2) is 0 Å². The van der Waals surface area contributed by atoms with E-state index in [1.807, 2.05) is 0 Å². The molecule has 0 spiro atoms. The fourth-order valence-corrected chi connectivity index (χ4v) is 3.79. The first-order chi connectivity index (χ1) is 12.1. The van der Waals surface area contributed by atoms with Crippen LogP contribution in [0, 0.1) is 0 Å². The summed E-state index contributed by atoms with van der Waals surface area (Å²) in [5.74, 6) is -1.27. The Labute approximate surface area is 153 Å². The van der Waals surface area contributed by atoms with Gasteiger partial charge < -0.3 is 9.80 Å². The van der Waals surface area contributed by atoms with Crippen LogP contribution in [0.3, 0.4) is 0 Å². The maximum atomic E-state index is 11.3. The number of nitrogens with zero attached hydrogens (tertiary/aromatic N) is 2. The summed E-state index contributed by atoms with van der Waals surface area (Å²) < 4.78 is 63.7. The Morgan fingerprint density at radius 3 is 1.19 bits per heavy atom. The van der Waals surface area contributed by atoms with Crippen LogP contribution in [0.1, 0.15) is 0 Å². The summed E-state index contributed by atoms with van der Waals surface area (Å²) in [4.78, 5) is 2.82. The largest absolute Gasteiger partial charge is 0.354 e. The lowest BCUT2D eigenvalue weighted by Gasteiger charge is -2.29. The highest BCUT2D eigenvalue weighted by Crippen LogP contribution is 2.17. The molecular weight excluding hydrogens is 380 g/mol. The van der Waals surface area contributed by atoms with Crippen LogP contribution in [0.15, 0.2) is 60.7 Å². The molecule has 0 saturated heterocycles. The average Bonchev–Trinajstić information content (AvgIpc) is 2.57. The molecule has 8 nitrogen and oxygen atoms in total. The molecule has 10 heteroatoms. The maximum Gasteiger partial charge on any atom is 0.283 e. The number of rotatable bonds is 9. The summed E-state index contributed by atoms with van der Waals surface area (Å²) >= 11 is 0. The summed E-state index contributed by atoms with van der Waals surface area (Å²) in [6.07, 6.45) is 0. The number of anilines is 2. The minimum absolute atomic E-state index is 0.105. The molecule has 0 aliphatic rings. The van der Waals surface area contributed by atoms with Gasteiger partial charge in [-0.1, -0.05) is 36.4 Å². The van der Waals surface area contributed by atoms with E-state index < -0.39 is 32.0 Å². The van der Waals surface area contributed by atoms with Crippen LogP contribution in [0.4, 0.5) is 11.4 Å². The van der Waals surface area contributed by atoms with Crippen molar-refractivity contribution in [3.63, 3.8) is 0 Å². The minimum atomic E-state index is -4.28. The summed E-state index contributed by atoms with van der Waals surface area (Å²) in [7, 11) is -8.56. The molecule has 142 valence electrons. The second kappa shape index (κ2) is 8.49. The highest BCUT2D eigenvalue weighted by Gasteiger charge is 2.19. The van der Waals surface area contributed by atoms with Crippen LogP contribution in [-0.4, -0.2) is 50.8 Å². The van der Waals surface area contributed by atoms with Crippen molar-refractivity contribution in [3.8, 4) is 0 Å². The fourth-order valence-electron chi connectivity index (χ4n) is 2.45. The lowest BCUT2D eigenvalue weighted by molar-refractivity contribution is 0.477. The number of hydrogen-bond donors (Lipinski definition) is 2. The Morgan fingerprint density at radius 1 is 0.615 bits per heavy atom. The van der Waals surface area contributed by atoms with E-state index in [0.29, 0.717) is 11.4 Å². The number of para-hydroxylation sites is 2. The first-order valence-electron chi connectivity index (χ1n) is 7.64. The van der Waals surface area contributed by atoms with Gasteiger partial charge in [-0.15, -0.1) is 0 Å². The van der Waals surface area contributed by atoms with Gasteiger partial charge >= 0.3 is 0 Å². The highest BCUT2D eigenvalue weighted by atomic mass is 32.2. The van der Waals surface area contributed by atoms with E-state index in [9.17, 15) is 25.9 Å². The van der Waals surface area contributed by atoms with Crippen LogP contribution in [0.5, 0.6) is 0 Å². The molecule has 0 bridgehead atoms. The molecule has 2 N–H and O–H groups in total. The first-order valence-corrected chi connectivity index (χ1v) is 10.9. The molecule has 0 amide bonds. The molecule has 0 fully saturated rings. The van der Waals surface area contributed by atoms with Crippen molar-refractivity contribution >= 4 is 31.6 Å². The summed E-state index contributed by atoms with van der Waals surface area (Å²) in [5, 5.41) is 0. The van der Waals surface area contributed by atoms with Gasteiger partial charge in [0.25, 0.3) is 20.2 Å². The second-order valence-electron chi connectivity index (χ2n) is 5.62. The van der Waals surface area contributed by atoms with Crippen molar-refractivity contribution in [2.45, 2.75) is 0 Å². The Bertz CT molecular complexity index is 825. The Balaban J connectivity index is 2.22. The summed E-state index contributed by atoms with van der Waals surface area (Å²) in [5.41, 5.74) is 1.12. The van der Waals surface area contributed by atoms with Crippen molar-refractivity contribution in [2.24, 2.45) is 0 Å². The molecule has 2 aromatic carbocycles. The lowest BCUT2D eigenvalue weighted by Crippen LogP contribution is -2.39. The van der Waals surface area contributed by atoms with Gasteiger partial charge in [-0.05, 0) is 24.3 Å². The number of hydrogen-bond acceptors (Lipinski definition) is 6. The van der Waals surface area contributed by atoms with Gasteiger partial charge in [-0.3, -0.25) is 9.11 Å². The van der Waals surface area contributed by atoms with Crippen molar-refractivity contribution in [2.75, 3.05) is 34.6 Å². The molecule has 2 aromatic rings. The third-order valence-electron chi connectivity index (χ3n) is 3.52. The van der Waals surface area contributed by atoms with Crippen LogP contribution >= 0.6 is 0 Å². The summed E-state index contributed by atoms with van der Waals surface area (Å²) in [6, 6.07) is 17.1. The quantitative estimate of drug-likeness (QED) is 0.611. The van der Waals surface area contributed by atoms with Gasteiger partial charge in [0, 0.05) is 24.5 Å². The summed E-state index contributed by atoms with van der Waals surface area (Å²) in [6.45, 7) is 0.211.